The monoisotopic (exact) mass is 219 g/mol. The van der Waals surface area contributed by atoms with Gasteiger partial charge in [-0.2, -0.15) is 0 Å². The summed E-state index contributed by atoms with van der Waals surface area (Å²) in [5, 5.41) is 0. The Kier molecular flexibility index (Phi) is 1.69. The quantitative estimate of drug-likeness (QED) is 0.732. The molecule has 1 fully saturated rings. The summed E-state index contributed by atoms with van der Waals surface area (Å²) in [5.41, 5.74) is 1.77. The second-order valence-electron chi connectivity index (χ2n) is 4.21. The smallest absolute Gasteiger partial charge is 0.158 e. The van der Waals surface area contributed by atoms with Gasteiger partial charge in [-0.15, -0.1) is 0 Å². The van der Waals surface area contributed by atoms with Crippen LogP contribution < -0.4 is 0 Å². The zero-order valence-electron chi connectivity index (χ0n) is 12.0. The summed E-state index contributed by atoms with van der Waals surface area (Å²) >= 11 is 0. The van der Waals surface area contributed by atoms with Crippen molar-refractivity contribution in [1.82, 2.24) is 19.4 Å². The van der Waals surface area contributed by atoms with Gasteiger partial charge in [-0.1, -0.05) is 0 Å². The molecule has 0 bridgehead atoms. The van der Waals surface area contributed by atoms with Crippen LogP contribution in [0.25, 0.3) is 11.2 Å². The Labute approximate surface area is 99.1 Å². The second kappa shape index (κ2) is 3.87. The molecule has 2 aromatic heterocycles. The molecular formula is C12H16N4. The molecule has 0 unspecified atom stereocenters. The molecule has 0 amide bonds. The third kappa shape index (κ3) is 1.59. The van der Waals surface area contributed by atoms with E-state index in [-0.39, 0.29) is 0 Å². The molecule has 0 spiro atoms. The van der Waals surface area contributed by atoms with Crippen LogP contribution in [-0.2, 0) is 0 Å². The minimum atomic E-state index is -1.97. The molecule has 84 valence electrons. The van der Waals surface area contributed by atoms with Crippen molar-refractivity contribution in [3.63, 3.8) is 0 Å². The maximum absolute atomic E-state index is 7.43. The molecule has 1 saturated heterocycles. The minimum absolute atomic E-state index is 0.313. The fraction of sp³-hybridized carbons (Fsp3) is 0.500. The molecule has 1 aliphatic heterocycles. The average molecular weight is 219 g/mol. The molecule has 0 aliphatic carbocycles. The highest BCUT2D eigenvalue weighted by atomic mass is 15.1. The fourth-order valence-electron chi connectivity index (χ4n) is 2.32. The molecule has 0 aromatic carbocycles. The zero-order valence-corrected chi connectivity index (χ0v) is 9.00. The van der Waals surface area contributed by atoms with Crippen LogP contribution in [0.2, 0.25) is 0 Å². The Bertz CT molecular complexity index is 570. The van der Waals surface area contributed by atoms with E-state index in [1.165, 1.54) is 0 Å². The molecule has 4 heteroatoms. The van der Waals surface area contributed by atoms with Gasteiger partial charge in [0.2, 0.25) is 0 Å². The molecule has 0 radical (unpaired) electrons. The lowest BCUT2D eigenvalue weighted by Crippen LogP contribution is -2.31. The highest BCUT2D eigenvalue weighted by Crippen LogP contribution is 2.25. The van der Waals surface area contributed by atoms with Crippen LogP contribution in [0, 0.1) is 0 Å². The number of rotatable bonds is 1. The summed E-state index contributed by atoms with van der Waals surface area (Å²) in [5.74, 6) is 0. The van der Waals surface area contributed by atoms with Crippen LogP contribution in [0.4, 0.5) is 0 Å². The summed E-state index contributed by atoms with van der Waals surface area (Å²) in [6.45, 7) is -0.772. The van der Waals surface area contributed by atoms with Crippen molar-refractivity contribution in [2.45, 2.75) is 18.9 Å². The number of hydrogen-bond acceptors (Lipinski definition) is 3. The fourth-order valence-corrected chi connectivity index (χ4v) is 2.32. The van der Waals surface area contributed by atoms with Gasteiger partial charge in [0.1, 0.15) is 5.52 Å². The van der Waals surface area contributed by atoms with Crippen molar-refractivity contribution < 1.29 is 4.11 Å². The van der Waals surface area contributed by atoms with Crippen molar-refractivity contribution in [3.8, 4) is 0 Å². The van der Waals surface area contributed by atoms with Crippen molar-refractivity contribution >= 4 is 11.2 Å². The van der Waals surface area contributed by atoms with E-state index in [4.69, 9.17) is 4.11 Å². The van der Waals surface area contributed by atoms with Gasteiger partial charge in [0.15, 0.2) is 5.65 Å². The van der Waals surface area contributed by atoms with E-state index in [0.29, 0.717) is 19.1 Å². The van der Waals surface area contributed by atoms with E-state index in [1.807, 2.05) is 12.3 Å². The molecule has 0 N–H and O–H groups in total. The summed E-state index contributed by atoms with van der Waals surface area (Å²) in [7, 11) is 0. The number of fused-ring (bicyclic) bond motifs is 1. The van der Waals surface area contributed by atoms with E-state index < -0.39 is 6.98 Å². The van der Waals surface area contributed by atoms with Gasteiger partial charge in [-0.3, -0.25) is 4.98 Å². The van der Waals surface area contributed by atoms with Crippen LogP contribution in [0.5, 0.6) is 0 Å². The van der Waals surface area contributed by atoms with Crippen molar-refractivity contribution in [2.75, 3.05) is 20.1 Å². The van der Waals surface area contributed by atoms with E-state index in [2.05, 4.69) is 14.5 Å². The third-order valence-electron chi connectivity index (χ3n) is 3.20. The summed E-state index contributed by atoms with van der Waals surface area (Å²) in [4.78, 5) is 10.2. The van der Waals surface area contributed by atoms with E-state index >= 15 is 0 Å². The Morgan fingerprint density at radius 2 is 2.12 bits per heavy atom. The lowest BCUT2D eigenvalue weighted by Gasteiger charge is -2.30. The topological polar surface area (TPSA) is 34.0 Å². The first-order valence-electron chi connectivity index (χ1n) is 7.08. The molecule has 1 aliphatic rings. The normalized spacial score (nSPS) is 22.9. The van der Waals surface area contributed by atoms with E-state index in [9.17, 15) is 0 Å². The van der Waals surface area contributed by atoms with Gasteiger partial charge >= 0.3 is 0 Å². The third-order valence-corrected chi connectivity index (χ3v) is 3.20. The number of likely N-dealkylation sites (tertiary alicyclic amines) is 1. The summed E-state index contributed by atoms with van der Waals surface area (Å²) in [6, 6.07) is 2.27. The Balaban J connectivity index is 1.79. The van der Waals surface area contributed by atoms with Gasteiger partial charge in [-0.25, -0.2) is 4.98 Å². The van der Waals surface area contributed by atoms with Gasteiger partial charge in [0.25, 0.3) is 0 Å². The maximum Gasteiger partial charge on any atom is 0.158 e. The lowest BCUT2D eigenvalue weighted by atomic mass is 10.1. The van der Waals surface area contributed by atoms with E-state index in [1.54, 1.807) is 17.3 Å². The second-order valence-corrected chi connectivity index (χ2v) is 4.21. The molecule has 0 saturated carbocycles. The van der Waals surface area contributed by atoms with Gasteiger partial charge in [-0.05, 0) is 39.0 Å². The van der Waals surface area contributed by atoms with Crippen LogP contribution >= 0.6 is 0 Å². The van der Waals surface area contributed by atoms with Crippen LogP contribution in [0.3, 0.4) is 0 Å². The molecule has 4 nitrogen and oxygen atoms in total. The standard InChI is InChI=1S/C12H16N4/c1-15-7-2-10(3-8-15)16-9-4-11-12(16)14-6-5-13-11/h4-6,9-10H,2-3,7-8H2,1H3/i1D3. The number of aromatic nitrogens is 3. The minimum Gasteiger partial charge on any atom is -0.328 e. The first-order valence-corrected chi connectivity index (χ1v) is 5.58. The zero-order chi connectivity index (χ0) is 13.5. The number of hydrogen-bond donors (Lipinski definition) is 0. The summed E-state index contributed by atoms with van der Waals surface area (Å²) < 4.78 is 24.4. The average Bonchev–Trinajstić information content (AvgIpc) is 2.82. The molecule has 0 atom stereocenters. The lowest BCUT2D eigenvalue weighted by molar-refractivity contribution is 0.223. The van der Waals surface area contributed by atoms with Crippen LogP contribution in [0.15, 0.2) is 24.7 Å². The van der Waals surface area contributed by atoms with Crippen molar-refractivity contribution in [2.24, 2.45) is 0 Å². The Morgan fingerprint density at radius 1 is 1.31 bits per heavy atom. The summed E-state index contributed by atoms with van der Waals surface area (Å²) in [6.07, 6.45) is 7.04. The van der Waals surface area contributed by atoms with Crippen molar-refractivity contribution in [3.05, 3.63) is 24.7 Å². The maximum atomic E-state index is 7.43. The van der Waals surface area contributed by atoms with E-state index in [0.717, 1.165) is 24.0 Å². The predicted octanol–water partition coefficient (Wildman–Crippen LogP) is 1.70. The number of nitrogens with zero attached hydrogens (tertiary/aromatic N) is 4. The van der Waals surface area contributed by atoms with Gasteiger partial charge in [0.05, 0.1) is 0 Å². The molecule has 3 heterocycles. The van der Waals surface area contributed by atoms with Crippen LogP contribution in [0.1, 0.15) is 23.0 Å². The SMILES string of the molecule is [2H]C([2H])([2H])N1CCC(n2ccc3nccnc32)CC1. The Morgan fingerprint density at radius 3 is 2.94 bits per heavy atom. The molecular weight excluding hydrogens is 200 g/mol. The first-order chi connectivity index (χ1) is 9.05. The van der Waals surface area contributed by atoms with Crippen LogP contribution in [-0.4, -0.2) is 39.5 Å². The highest BCUT2D eigenvalue weighted by Gasteiger charge is 2.19. The number of piperidine rings is 1. The Hall–Kier alpha value is -1.42. The highest BCUT2D eigenvalue weighted by molar-refractivity contribution is 5.70. The molecule has 16 heavy (non-hydrogen) atoms. The predicted molar refractivity (Wildman–Crippen MR) is 63.3 cm³/mol. The molecule has 3 rings (SSSR count). The molecule has 2 aromatic rings. The van der Waals surface area contributed by atoms with Gasteiger partial charge in [0, 0.05) is 28.7 Å². The van der Waals surface area contributed by atoms with Crippen molar-refractivity contribution in [1.29, 1.82) is 0 Å². The van der Waals surface area contributed by atoms with Gasteiger partial charge < -0.3 is 9.47 Å². The first kappa shape index (κ1) is 7.01. The largest absolute Gasteiger partial charge is 0.328 e.